The molecule has 0 atom stereocenters. The molecule has 3 heteroatoms. The molecule has 0 aliphatic carbocycles. The summed E-state index contributed by atoms with van der Waals surface area (Å²) in [7, 11) is 1.61. The minimum absolute atomic E-state index is 0.0280. The van der Waals surface area contributed by atoms with Gasteiger partial charge in [-0.2, -0.15) is 0 Å². The largest absolute Gasteiger partial charge is 0.497 e. The molecule has 3 rings (SSSR count). The van der Waals surface area contributed by atoms with Gasteiger partial charge in [-0.3, -0.25) is 9.79 Å². The zero-order valence-electron chi connectivity index (χ0n) is 11.3. The lowest BCUT2D eigenvalue weighted by molar-refractivity contribution is 0.106. The SMILES string of the molecule is COc1ccc(C(=O)C2=NCCc3ccccc32)cc1. The molecule has 0 bridgehead atoms. The molecule has 100 valence electrons. The molecular weight excluding hydrogens is 250 g/mol. The standard InChI is InChI=1S/C17H15NO2/c1-20-14-8-6-13(7-9-14)17(19)16-15-5-3-2-4-12(15)10-11-18-16/h2-9H,10-11H2,1H3. The fourth-order valence-corrected chi connectivity index (χ4v) is 2.42. The van der Waals surface area contributed by atoms with Gasteiger partial charge in [0.15, 0.2) is 0 Å². The lowest BCUT2D eigenvalue weighted by atomic mass is 9.93. The molecule has 0 saturated carbocycles. The van der Waals surface area contributed by atoms with Crippen molar-refractivity contribution in [2.75, 3.05) is 13.7 Å². The van der Waals surface area contributed by atoms with Gasteiger partial charge in [0.25, 0.3) is 0 Å². The molecule has 1 aliphatic heterocycles. The van der Waals surface area contributed by atoms with E-state index in [0.717, 1.165) is 17.7 Å². The Morgan fingerprint density at radius 1 is 1.10 bits per heavy atom. The minimum Gasteiger partial charge on any atom is -0.497 e. The highest BCUT2D eigenvalue weighted by atomic mass is 16.5. The Balaban J connectivity index is 1.96. The van der Waals surface area contributed by atoms with Crippen molar-refractivity contribution in [3.8, 4) is 5.75 Å². The van der Waals surface area contributed by atoms with E-state index in [9.17, 15) is 4.79 Å². The summed E-state index contributed by atoms with van der Waals surface area (Å²) in [6.45, 7) is 0.675. The Kier molecular flexibility index (Phi) is 3.33. The number of aliphatic imine (C=N–C) groups is 1. The number of benzene rings is 2. The highest BCUT2D eigenvalue weighted by Crippen LogP contribution is 2.19. The number of methoxy groups -OCH3 is 1. The van der Waals surface area contributed by atoms with Crippen LogP contribution in [0.3, 0.4) is 0 Å². The number of carbonyl (C=O) groups is 1. The van der Waals surface area contributed by atoms with Crippen LogP contribution >= 0.6 is 0 Å². The molecule has 0 fully saturated rings. The van der Waals surface area contributed by atoms with E-state index in [4.69, 9.17) is 4.74 Å². The fraction of sp³-hybridized carbons (Fsp3) is 0.176. The summed E-state index contributed by atoms with van der Waals surface area (Å²) in [5.74, 6) is 0.715. The molecule has 3 nitrogen and oxygen atoms in total. The molecule has 0 spiro atoms. The molecule has 1 aliphatic rings. The van der Waals surface area contributed by atoms with Crippen LogP contribution in [0, 0.1) is 0 Å². The summed E-state index contributed by atoms with van der Waals surface area (Å²) in [6.07, 6.45) is 0.898. The first kappa shape index (κ1) is 12.6. The summed E-state index contributed by atoms with van der Waals surface area (Å²) >= 11 is 0. The first-order valence-corrected chi connectivity index (χ1v) is 6.61. The van der Waals surface area contributed by atoms with Gasteiger partial charge in [-0.05, 0) is 36.2 Å². The van der Waals surface area contributed by atoms with Gasteiger partial charge in [-0.15, -0.1) is 0 Å². The fourth-order valence-electron chi connectivity index (χ4n) is 2.42. The summed E-state index contributed by atoms with van der Waals surface area (Å²) in [4.78, 5) is 17.0. The highest BCUT2D eigenvalue weighted by Gasteiger charge is 2.21. The Hall–Kier alpha value is -2.42. The van der Waals surface area contributed by atoms with Crippen molar-refractivity contribution in [2.45, 2.75) is 6.42 Å². The zero-order valence-corrected chi connectivity index (χ0v) is 11.3. The van der Waals surface area contributed by atoms with Crippen molar-refractivity contribution in [3.63, 3.8) is 0 Å². The van der Waals surface area contributed by atoms with Gasteiger partial charge in [-0.25, -0.2) is 0 Å². The number of carbonyl (C=O) groups excluding carboxylic acids is 1. The number of fused-ring (bicyclic) bond motifs is 1. The van der Waals surface area contributed by atoms with E-state index >= 15 is 0 Å². The van der Waals surface area contributed by atoms with Crippen LogP contribution in [0.1, 0.15) is 21.5 Å². The highest BCUT2D eigenvalue weighted by molar-refractivity contribution is 6.51. The smallest absolute Gasteiger partial charge is 0.211 e. The number of nitrogens with zero attached hydrogens (tertiary/aromatic N) is 1. The number of rotatable bonds is 3. The number of Topliss-reactive ketones (excluding diaryl/α,β-unsaturated/α-hetero) is 1. The van der Waals surface area contributed by atoms with Crippen LogP contribution in [0.2, 0.25) is 0 Å². The monoisotopic (exact) mass is 265 g/mol. The number of hydrogen-bond donors (Lipinski definition) is 0. The lowest BCUT2D eigenvalue weighted by Crippen LogP contribution is -2.21. The van der Waals surface area contributed by atoms with Gasteiger partial charge in [0, 0.05) is 17.7 Å². The second-order valence-corrected chi connectivity index (χ2v) is 4.70. The number of ether oxygens (including phenoxy) is 1. The normalized spacial score (nSPS) is 13.3. The molecule has 2 aromatic carbocycles. The molecule has 0 aromatic heterocycles. The van der Waals surface area contributed by atoms with E-state index in [1.54, 1.807) is 31.4 Å². The second-order valence-electron chi connectivity index (χ2n) is 4.70. The van der Waals surface area contributed by atoms with Gasteiger partial charge < -0.3 is 4.74 Å². The number of ketones is 1. The minimum atomic E-state index is -0.0280. The van der Waals surface area contributed by atoms with Crippen LogP contribution in [0.15, 0.2) is 53.5 Å². The van der Waals surface area contributed by atoms with E-state index in [0.29, 0.717) is 17.8 Å². The predicted molar refractivity (Wildman–Crippen MR) is 78.9 cm³/mol. The van der Waals surface area contributed by atoms with Crippen LogP contribution in [0.5, 0.6) is 5.75 Å². The van der Waals surface area contributed by atoms with E-state index in [1.165, 1.54) is 5.56 Å². The average molecular weight is 265 g/mol. The maximum atomic E-state index is 12.6. The van der Waals surface area contributed by atoms with Crippen LogP contribution in [-0.4, -0.2) is 25.1 Å². The Labute approximate surface area is 117 Å². The third-order valence-corrected chi connectivity index (χ3v) is 3.49. The van der Waals surface area contributed by atoms with E-state index in [2.05, 4.69) is 11.1 Å². The maximum absolute atomic E-state index is 12.6. The topological polar surface area (TPSA) is 38.7 Å². The summed E-state index contributed by atoms with van der Waals surface area (Å²) in [5.41, 5.74) is 3.36. The molecule has 0 amide bonds. The lowest BCUT2D eigenvalue weighted by Gasteiger charge is -2.15. The third-order valence-electron chi connectivity index (χ3n) is 3.49. The van der Waals surface area contributed by atoms with Crippen molar-refractivity contribution in [3.05, 3.63) is 65.2 Å². The summed E-state index contributed by atoms with van der Waals surface area (Å²) in [5, 5.41) is 0. The second kappa shape index (κ2) is 5.29. The third kappa shape index (κ3) is 2.23. The molecule has 0 unspecified atom stereocenters. The first-order valence-electron chi connectivity index (χ1n) is 6.61. The zero-order chi connectivity index (χ0) is 13.9. The molecule has 0 N–H and O–H groups in total. The van der Waals surface area contributed by atoms with Crippen molar-refractivity contribution in [1.29, 1.82) is 0 Å². The molecular formula is C17H15NO2. The maximum Gasteiger partial charge on any atom is 0.211 e. The number of hydrogen-bond acceptors (Lipinski definition) is 3. The van der Waals surface area contributed by atoms with Gasteiger partial charge in [-0.1, -0.05) is 24.3 Å². The Morgan fingerprint density at radius 3 is 2.60 bits per heavy atom. The Bertz CT molecular complexity index is 672. The van der Waals surface area contributed by atoms with Crippen molar-refractivity contribution in [2.24, 2.45) is 4.99 Å². The molecule has 0 saturated heterocycles. The predicted octanol–water partition coefficient (Wildman–Crippen LogP) is 2.92. The van der Waals surface area contributed by atoms with Crippen LogP contribution < -0.4 is 4.74 Å². The van der Waals surface area contributed by atoms with Crippen molar-refractivity contribution in [1.82, 2.24) is 0 Å². The van der Waals surface area contributed by atoms with Gasteiger partial charge in [0.05, 0.1) is 7.11 Å². The molecule has 2 aromatic rings. The Morgan fingerprint density at radius 2 is 1.85 bits per heavy atom. The summed E-state index contributed by atoms with van der Waals surface area (Å²) in [6, 6.07) is 15.1. The van der Waals surface area contributed by atoms with Crippen LogP contribution in [0.25, 0.3) is 0 Å². The summed E-state index contributed by atoms with van der Waals surface area (Å²) < 4.78 is 5.11. The van der Waals surface area contributed by atoms with Crippen LogP contribution in [0.4, 0.5) is 0 Å². The van der Waals surface area contributed by atoms with Gasteiger partial charge in [0.2, 0.25) is 5.78 Å². The molecule has 1 heterocycles. The first-order chi connectivity index (χ1) is 9.79. The van der Waals surface area contributed by atoms with Gasteiger partial charge in [0.1, 0.15) is 11.5 Å². The van der Waals surface area contributed by atoms with Crippen LogP contribution in [-0.2, 0) is 6.42 Å². The van der Waals surface area contributed by atoms with E-state index in [1.807, 2.05) is 18.2 Å². The van der Waals surface area contributed by atoms with Crippen molar-refractivity contribution >= 4 is 11.5 Å². The molecule has 0 radical (unpaired) electrons. The van der Waals surface area contributed by atoms with Crippen molar-refractivity contribution < 1.29 is 9.53 Å². The van der Waals surface area contributed by atoms with Gasteiger partial charge >= 0.3 is 0 Å². The van der Waals surface area contributed by atoms with E-state index < -0.39 is 0 Å². The quantitative estimate of drug-likeness (QED) is 0.800. The average Bonchev–Trinajstić information content (AvgIpc) is 2.54. The molecule has 20 heavy (non-hydrogen) atoms. The van der Waals surface area contributed by atoms with E-state index in [-0.39, 0.29) is 5.78 Å².